The molecule has 1 atom stereocenters. The lowest BCUT2D eigenvalue weighted by Crippen LogP contribution is -2.36. The summed E-state index contributed by atoms with van der Waals surface area (Å²) in [7, 11) is 3.65. The molecule has 1 aromatic rings. The highest BCUT2D eigenvalue weighted by molar-refractivity contribution is 9.10. The van der Waals surface area contributed by atoms with E-state index in [1.165, 1.54) is 0 Å². The number of rotatable bonds is 7. The quantitative estimate of drug-likeness (QED) is 0.833. The molecule has 0 spiro atoms. The molecule has 1 unspecified atom stereocenters. The fourth-order valence-electron chi connectivity index (χ4n) is 1.74. The highest BCUT2D eigenvalue weighted by Gasteiger charge is 2.13. The Balaban J connectivity index is 2.25. The van der Waals surface area contributed by atoms with Crippen LogP contribution in [-0.2, 0) is 4.79 Å². The van der Waals surface area contributed by atoms with Crippen LogP contribution in [0.4, 0.5) is 0 Å². The largest absolute Gasteiger partial charge is 0.492 e. The topological polar surface area (TPSA) is 41.6 Å². The molecule has 0 fully saturated rings. The Morgan fingerprint density at radius 3 is 2.63 bits per heavy atom. The number of nitrogens with zero attached hydrogens (tertiary/aromatic N) is 1. The fraction of sp³-hybridized carbons (Fsp3) is 0.500. The Bertz CT molecular complexity index is 395. The molecule has 0 saturated carbocycles. The van der Waals surface area contributed by atoms with Crippen molar-refractivity contribution in [1.29, 1.82) is 0 Å². The lowest BCUT2D eigenvalue weighted by atomic mass is 10.1. The molecule has 19 heavy (non-hydrogen) atoms. The zero-order valence-corrected chi connectivity index (χ0v) is 13.2. The van der Waals surface area contributed by atoms with Crippen molar-refractivity contribution in [3.05, 3.63) is 28.7 Å². The van der Waals surface area contributed by atoms with E-state index in [1.54, 1.807) is 7.05 Å². The highest BCUT2D eigenvalue weighted by Crippen LogP contribution is 2.15. The molecule has 0 bridgehead atoms. The van der Waals surface area contributed by atoms with Gasteiger partial charge in [-0.1, -0.05) is 22.9 Å². The van der Waals surface area contributed by atoms with Crippen LogP contribution in [0.1, 0.15) is 6.92 Å². The molecule has 1 rings (SSSR count). The Kier molecular flexibility index (Phi) is 6.87. The van der Waals surface area contributed by atoms with Gasteiger partial charge in [-0.3, -0.25) is 4.79 Å². The van der Waals surface area contributed by atoms with Crippen molar-refractivity contribution in [2.75, 3.05) is 33.8 Å². The molecule has 1 N–H and O–H groups in total. The first-order chi connectivity index (χ1) is 9.02. The molecule has 0 aliphatic carbocycles. The summed E-state index contributed by atoms with van der Waals surface area (Å²) < 4.78 is 6.68. The minimum absolute atomic E-state index is 0.0114. The monoisotopic (exact) mass is 328 g/mol. The lowest BCUT2D eigenvalue weighted by Gasteiger charge is -2.20. The molecular formula is C14H21BrN2O2. The summed E-state index contributed by atoms with van der Waals surface area (Å²) in [5.74, 6) is 0.916. The van der Waals surface area contributed by atoms with Gasteiger partial charge in [-0.25, -0.2) is 0 Å². The van der Waals surface area contributed by atoms with E-state index in [2.05, 4.69) is 26.1 Å². The average molecular weight is 329 g/mol. The summed E-state index contributed by atoms with van der Waals surface area (Å²) in [5.41, 5.74) is 0. The van der Waals surface area contributed by atoms with Crippen molar-refractivity contribution in [3.8, 4) is 5.75 Å². The first-order valence-corrected chi connectivity index (χ1v) is 7.10. The number of amides is 1. The second-order valence-corrected chi connectivity index (χ2v) is 5.50. The molecule has 106 valence electrons. The van der Waals surface area contributed by atoms with E-state index in [-0.39, 0.29) is 11.8 Å². The number of ether oxygens (including phenoxy) is 1. The zero-order valence-electron chi connectivity index (χ0n) is 11.6. The van der Waals surface area contributed by atoms with Crippen molar-refractivity contribution in [3.63, 3.8) is 0 Å². The molecule has 0 saturated heterocycles. The number of hydrogen-bond donors (Lipinski definition) is 1. The third-order valence-corrected chi connectivity index (χ3v) is 3.36. The van der Waals surface area contributed by atoms with E-state index in [1.807, 2.05) is 38.2 Å². The van der Waals surface area contributed by atoms with Gasteiger partial charge >= 0.3 is 0 Å². The van der Waals surface area contributed by atoms with E-state index in [4.69, 9.17) is 4.74 Å². The molecule has 0 aliphatic rings. The number of hydrogen-bond acceptors (Lipinski definition) is 3. The molecule has 0 aromatic heterocycles. The smallest absolute Gasteiger partial charge is 0.223 e. The number of nitrogens with one attached hydrogen (secondary N) is 1. The minimum atomic E-state index is -0.0114. The van der Waals surface area contributed by atoms with E-state index in [0.717, 1.165) is 23.3 Å². The van der Waals surface area contributed by atoms with Gasteiger partial charge in [0.05, 0.1) is 0 Å². The maximum absolute atomic E-state index is 11.4. The maximum Gasteiger partial charge on any atom is 0.223 e. The van der Waals surface area contributed by atoms with Gasteiger partial charge in [-0.15, -0.1) is 0 Å². The molecule has 1 amide bonds. The molecule has 5 heteroatoms. The second kappa shape index (κ2) is 8.17. The summed E-state index contributed by atoms with van der Waals surface area (Å²) in [6.45, 7) is 4.05. The Morgan fingerprint density at radius 1 is 1.42 bits per heavy atom. The average Bonchev–Trinajstić information content (AvgIpc) is 2.40. The number of benzene rings is 1. The number of halogens is 1. The van der Waals surface area contributed by atoms with Crippen LogP contribution in [0.2, 0.25) is 0 Å². The normalized spacial score (nSPS) is 12.3. The van der Waals surface area contributed by atoms with Crippen molar-refractivity contribution in [2.45, 2.75) is 6.92 Å². The van der Waals surface area contributed by atoms with Gasteiger partial charge in [0.25, 0.3) is 0 Å². The zero-order chi connectivity index (χ0) is 14.3. The van der Waals surface area contributed by atoms with Gasteiger partial charge in [0.2, 0.25) is 5.91 Å². The molecule has 1 aromatic carbocycles. The third-order valence-electron chi connectivity index (χ3n) is 2.83. The van der Waals surface area contributed by atoms with Gasteiger partial charge in [0, 0.05) is 30.5 Å². The van der Waals surface area contributed by atoms with Crippen molar-refractivity contribution in [2.24, 2.45) is 5.92 Å². The van der Waals surface area contributed by atoms with Crippen LogP contribution in [0.5, 0.6) is 5.75 Å². The van der Waals surface area contributed by atoms with Gasteiger partial charge in [0.15, 0.2) is 0 Å². The second-order valence-electron chi connectivity index (χ2n) is 4.58. The summed E-state index contributed by atoms with van der Waals surface area (Å²) >= 11 is 3.38. The first-order valence-electron chi connectivity index (χ1n) is 6.31. The van der Waals surface area contributed by atoms with Crippen LogP contribution in [0, 0.1) is 5.92 Å². The SMILES string of the molecule is CNC(=O)C(C)CN(C)CCOc1ccc(Br)cc1. The number of carbonyl (C=O) groups excluding carboxylic acids is 1. The highest BCUT2D eigenvalue weighted by atomic mass is 79.9. The number of carbonyl (C=O) groups is 1. The number of likely N-dealkylation sites (N-methyl/N-ethyl adjacent to an activating group) is 1. The van der Waals surface area contributed by atoms with Crippen molar-refractivity contribution >= 4 is 21.8 Å². The summed E-state index contributed by atoms with van der Waals surface area (Å²) in [5, 5.41) is 2.66. The van der Waals surface area contributed by atoms with E-state index >= 15 is 0 Å². The molecular weight excluding hydrogens is 308 g/mol. The van der Waals surface area contributed by atoms with E-state index in [9.17, 15) is 4.79 Å². The van der Waals surface area contributed by atoms with E-state index < -0.39 is 0 Å². The van der Waals surface area contributed by atoms with Crippen LogP contribution in [0.25, 0.3) is 0 Å². The van der Waals surface area contributed by atoms with Gasteiger partial charge in [-0.05, 0) is 31.3 Å². The summed E-state index contributed by atoms with van der Waals surface area (Å²) in [4.78, 5) is 13.5. The summed E-state index contributed by atoms with van der Waals surface area (Å²) in [6.07, 6.45) is 0. The minimum Gasteiger partial charge on any atom is -0.492 e. The predicted octanol–water partition coefficient (Wildman–Crippen LogP) is 2.14. The maximum atomic E-state index is 11.4. The standard InChI is InChI=1S/C14H21BrN2O2/c1-11(14(18)16-2)10-17(3)8-9-19-13-6-4-12(15)5-7-13/h4-7,11H,8-10H2,1-3H3,(H,16,18). The fourth-order valence-corrected chi connectivity index (χ4v) is 2.00. The van der Waals surface area contributed by atoms with Crippen molar-refractivity contribution < 1.29 is 9.53 Å². The lowest BCUT2D eigenvalue weighted by molar-refractivity contribution is -0.124. The van der Waals surface area contributed by atoms with Crippen LogP contribution < -0.4 is 10.1 Å². The first kappa shape index (κ1) is 16.0. The predicted molar refractivity (Wildman–Crippen MR) is 80.4 cm³/mol. The van der Waals surface area contributed by atoms with Crippen LogP contribution in [0.15, 0.2) is 28.7 Å². The van der Waals surface area contributed by atoms with Gasteiger partial charge < -0.3 is 15.0 Å². The van der Waals surface area contributed by atoms with Crippen LogP contribution >= 0.6 is 15.9 Å². The molecule has 4 nitrogen and oxygen atoms in total. The Morgan fingerprint density at radius 2 is 2.05 bits per heavy atom. The Hall–Kier alpha value is -1.07. The third kappa shape index (κ3) is 6.07. The van der Waals surface area contributed by atoms with Gasteiger partial charge in [0.1, 0.15) is 12.4 Å². The van der Waals surface area contributed by atoms with E-state index in [0.29, 0.717) is 6.61 Å². The molecule has 0 aliphatic heterocycles. The van der Waals surface area contributed by atoms with Gasteiger partial charge in [-0.2, -0.15) is 0 Å². The molecule has 0 radical (unpaired) electrons. The summed E-state index contributed by atoms with van der Waals surface area (Å²) in [6, 6.07) is 7.76. The van der Waals surface area contributed by atoms with Crippen molar-refractivity contribution in [1.82, 2.24) is 10.2 Å². The Labute approximate surface area is 123 Å². The van der Waals surface area contributed by atoms with Crippen LogP contribution in [0.3, 0.4) is 0 Å². The molecule has 0 heterocycles. The van der Waals surface area contributed by atoms with Crippen LogP contribution in [-0.4, -0.2) is 44.6 Å².